The Labute approximate surface area is 172 Å². The summed E-state index contributed by atoms with van der Waals surface area (Å²) in [5.41, 5.74) is 4.11. The number of nitrogens with one attached hydrogen (secondary N) is 1. The minimum absolute atomic E-state index is 0.0898. The lowest BCUT2D eigenvalue weighted by Gasteiger charge is -2.34. The molecule has 1 saturated heterocycles. The Morgan fingerprint density at radius 1 is 1.31 bits per heavy atom. The first-order valence-electron chi connectivity index (χ1n) is 10.0. The average Bonchev–Trinajstić information content (AvgIpc) is 3.05. The fourth-order valence-corrected chi connectivity index (χ4v) is 3.82. The number of aromatic nitrogens is 2. The van der Waals surface area contributed by atoms with Crippen molar-refractivity contribution < 1.29 is 14.3 Å². The highest BCUT2D eigenvalue weighted by Gasteiger charge is 2.32. The van der Waals surface area contributed by atoms with E-state index in [4.69, 9.17) is 4.74 Å². The second kappa shape index (κ2) is 9.11. The first-order chi connectivity index (χ1) is 13.9. The molecule has 1 aromatic heterocycles. The summed E-state index contributed by atoms with van der Waals surface area (Å²) < 4.78 is 5.18. The van der Waals surface area contributed by atoms with Crippen molar-refractivity contribution in [2.24, 2.45) is 5.92 Å². The molecule has 1 atom stereocenters. The largest absolute Gasteiger partial charge is 0.497 e. The standard InChI is InChI=1S/C22H30N4O3/c1-15-20(16(2)24-23-15)14-25(3)22(28)18-7-10-21(27)26(13-18)12-11-17-5-8-19(29-4)9-6-17/h5-6,8-9,18H,7,10-14H2,1-4H3,(H,23,24)/t18-/m0/s1. The van der Waals surface area contributed by atoms with Crippen molar-refractivity contribution in [1.82, 2.24) is 20.0 Å². The smallest absolute Gasteiger partial charge is 0.227 e. The number of benzene rings is 1. The lowest BCUT2D eigenvalue weighted by Crippen LogP contribution is -2.46. The van der Waals surface area contributed by atoms with Gasteiger partial charge in [0.1, 0.15) is 5.75 Å². The number of aromatic amines is 1. The molecule has 3 rings (SSSR count). The van der Waals surface area contributed by atoms with Crippen LogP contribution in [0.25, 0.3) is 0 Å². The molecule has 2 amide bonds. The third-order valence-corrected chi connectivity index (χ3v) is 5.73. The zero-order valence-electron chi connectivity index (χ0n) is 17.7. The van der Waals surface area contributed by atoms with Crippen LogP contribution in [0.15, 0.2) is 24.3 Å². The predicted molar refractivity (Wildman–Crippen MR) is 111 cm³/mol. The number of aryl methyl sites for hydroxylation is 2. The summed E-state index contributed by atoms with van der Waals surface area (Å²) >= 11 is 0. The highest BCUT2D eigenvalue weighted by Crippen LogP contribution is 2.22. The van der Waals surface area contributed by atoms with Crippen LogP contribution in [0.5, 0.6) is 5.75 Å². The summed E-state index contributed by atoms with van der Waals surface area (Å²) in [6.07, 6.45) is 1.81. The molecule has 0 saturated carbocycles. The topological polar surface area (TPSA) is 78.5 Å². The van der Waals surface area contributed by atoms with Crippen molar-refractivity contribution in [3.8, 4) is 5.75 Å². The number of likely N-dealkylation sites (tertiary alicyclic amines) is 1. The average molecular weight is 399 g/mol. The molecule has 0 aliphatic carbocycles. The van der Waals surface area contributed by atoms with E-state index >= 15 is 0 Å². The molecule has 1 aromatic carbocycles. The van der Waals surface area contributed by atoms with Crippen LogP contribution in [0, 0.1) is 19.8 Å². The second-order valence-electron chi connectivity index (χ2n) is 7.78. The maximum atomic E-state index is 13.0. The van der Waals surface area contributed by atoms with E-state index in [1.165, 1.54) is 0 Å². The van der Waals surface area contributed by atoms with E-state index < -0.39 is 0 Å². The molecule has 0 spiro atoms. The lowest BCUT2D eigenvalue weighted by molar-refractivity contribution is -0.142. The molecular weight excluding hydrogens is 368 g/mol. The highest BCUT2D eigenvalue weighted by molar-refractivity contribution is 5.83. The van der Waals surface area contributed by atoms with Gasteiger partial charge in [-0.2, -0.15) is 5.10 Å². The van der Waals surface area contributed by atoms with Gasteiger partial charge in [0, 0.05) is 44.4 Å². The van der Waals surface area contributed by atoms with Crippen molar-refractivity contribution in [1.29, 1.82) is 0 Å². The molecule has 156 valence electrons. The van der Waals surface area contributed by atoms with Crippen LogP contribution in [-0.4, -0.2) is 59.1 Å². The van der Waals surface area contributed by atoms with E-state index in [0.29, 0.717) is 32.5 Å². The third kappa shape index (κ3) is 4.96. The zero-order valence-corrected chi connectivity index (χ0v) is 17.7. The van der Waals surface area contributed by atoms with Crippen LogP contribution in [-0.2, 0) is 22.6 Å². The Balaban J connectivity index is 1.57. The summed E-state index contributed by atoms with van der Waals surface area (Å²) in [6, 6.07) is 7.88. The Kier molecular flexibility index (Phi) is 6.56. The molecule has 0 radical (unpaired) electrons. The molecule has 0 unspecified atom stereocenters. The minimum Gasteiger partial charge on any atom is -0.497 e. The lowest BCUT2D eigenvalue weighted by atomic mass is 9.95. The van der Waals surface area contributed by atoms with Gasteiger partial charge in [-0.3, -0.25) is 14.7 Å². The van der Waals surface area contributed by atoms with E-state index in [1.54, 1.807) is 12.0 Å². The van der Waals surface area contributed by atoms with Crippen molar-refractivity contribution in [3.63, 3.8) is 0 Å². The summed E-state index contributed by atoms with van der Waals surface area (Å²) in [4.78, 5) is 28.9. The predicted octanol–water partition coefficient (Wildman–Crippen LogP) is 2.47. The Morgan fingerprint density at radius 2 is 2.03 bits per heavy atom. The van der Waals surface area contributed by atoms with Crippen LogP contribution >= 0.6 is 0 Å². The summed E-state index contributed by atoms with van der Waals surface area (Å²) in [5.74, 6) is 0.888. The van der Waals surface area contributed by atoms with Gasteiger partial charge in [0.2, 0.25) is 11.8 Å². The zero-order chi connectivity index (χ0) is 21.0. The SMILES string of the molecule is COc1ccc(CCN2C[C@@H](C(=O)N(C)Cc3c(C)n[nH]c3C)CCC2=O)cc1. The van der Waals surface area contributed by atoms with Crippen LogP contribution in [0.4, 0.5) is 0 Å². The van der Waals surface area contributed by atoms with Crippen molar-refractivity contribution >= 4 is 11.8 Å². The van der Waals surface area contributed by atoms with Gasteiger partial charge in [-0.05, 0) is 44.4 Å². The fraction of sp³-hybridized carbons (Fsp3) is 0.500. The number of ether oxygens (including phenoxy) is 1. The van der Waals surface area contributed by atoms with Crippen LogP contribution in [0.3, 0.4) is 0 Å². The molecule has 0 bridgehead atoms. The highest BCUT2D eigenvalue weighted by atomic mass is 16.5. The van der Waals surface area contributed by atoms with Crippen molar-refractivity contribution in [2.45, 2.75) is 39.7 Å². The Hall–Kier alpha value is -2.83. The van der Waals surface area contributed by atoms with Gasteiger partial charge in [0.05, 0.1) is 18.7 Å². The Bertz CT molecular complexity index is 840. The number of H-pyrrole nitrogens is 1. The van der Waals surface area contributed by atoms with E-state index in [2.05, 4.69) is 10.2 Å². The number of methoxy groups -OCH3 is 1. The van der Waals surface area contributed by atoms with Crippen molar-refractivity contribution in [3.05, 3.63) is 46.8 Å². The molecule has 7 heteroatoms. The number of piperidine rings is 1. The van der Waals surface area contributed by atoms with E-state index in [9.17, 15) is 9.59 Å². The second-order valence-corrected chi connectivity index (χ2v) is 7.78. The summed E-state index contributed by atoms with van der Waals surface area (Å²) in [5, 5.41) is 7.17. The first-order valence-corrected chi connectivity index (χ1v) is 10.0. The number of nitrogens with zero attached hydrogens (tertiary/aromatic N) is 3. The number of carbonyl (C=O) groups is 2. The molecule has 1 fully saturated rings. The van der Waals surface area contributed by atoms with Crippen LogP contribution < -0.4 is 4.74 Å². The Morgan fingerprint density at radius 3 is 2.66 bits per heavy atom. The summed E-state index contributed by atoms with van der Waals surface area (Å²) in [7, 11) is 3.47. The van der Waals surface area contributed by atoms with E-state index in [0.717, 1.165) is 34.7 Å². The van der Waals surface area contributed by atoms with Gasteiger partial charge in [-0.1, -0.05) is 12.1 Å². The number of hydrogen-bond acceptors (Lipinski definition) is 4. The van der Waals surface area contributed by atoms with E-state index in [-0.39, 0.29) is 17.7 Å². The monoisotopic (exact) mass is 398 g/mol. The quantitative estimate of drug-likeness (QED) is 0.777. The van der Waals surface area contributed by atoms with Gasteiger partial charge in [-0.15, -0.1) is 0 Å². The molecule has 29 heavy (non-hydrogen) atoms. The minimum atomic E-state index is -0.152. The van der Waals surface area contributed by atoms with Gasteiger partial charge in [-0.25, -0.2) is 0 Å². The van der Waals surface area contributed by atoms with Crippen LogP contribution in [0.1, 0.15) is 35.4 Å². The van der Waals surface area contributed by atoms with Crippen molar-refractivity contribution in [2.75, 3.05) is 27.2 Å². The molecule has 7 nitrogen and oxygen atoms in total. The number of amides is 2. The first kappa shape index (κ1) is 20.9. The van der Waals surface area contributed by atoms with Gasteiger partial charge >= 0.3 is 0 Å². The number of rotatable bonds is 7. The maximum absolute atomic E-state index is 13.0. The molecule has 2 aromatic rings. The molecular formula is C22H30N4O3. The van der Waals surface area contributed by atoms with Gasteiger partial charge in [0.15, 0.2) is 0 Å². The van der Waals surface area contributed by atoms with E-state index in [1.807, 2.05) is 50.1 Å². The third-order valence-electron chi connectivity index (χ3n) is 5.73. The number of hydrogen-bond donors (Lipinski definition) is 1. The van der Waals surface area contributed by atoms with Crippen LogP contribution in [0.2, 0.25) is 0 Å². The number of carbonyl (C=O) groups excluding carboxylic acids is 2. The molecule has 1 aliphatic heterocycles. The maximum Gasteiger partial charge on any atom is 0.227 e. The van der Waals surface area contributed by atoms with Gasteiger partial charge in [0.25, 0.3) is 0 Å². The van der Waals surface area contributed by atoms with Gasteiger partial charge < -0.3 is 14.5 Å². The molecule has 1 N–H and O–H groups in total. The normalized spacial score (nSPS) is 16.8. The fourth-order valence-electron chi connectivity index (χ4n) is 3.82. The molecule has 1 aliphatic rings. The summed E-state index contributed by atoms with van der Waals surface area (Å²) in [6.45, 7) is 5.55. The molecule has 2 heterocycles.